The molecule has 2 heterocycles. The Bertz CT molecular complexity index is 850. The molecule has 0 saturated carbocycles. The first-order valence-electron chi connectivity index (χ1n) is 9.35. The van der Waals surface area contributed by atoms with E-state index in [1.807, 2.05) is 0 Å². The summed E-state index contributed by atoms with van der Waals surface area (Å²) >= 11 is 0. The minimum Gasteiger partial charge on any atom is -0.439 e. The Morgan fingerprint density at radius 2 is 1.97 bits per heavy atom. The van der Waals surface area contributed by atoms with Crippen LogP contribution in [0.5, 0.6) is 11.6 Å². The molecular weight excluding hydrogens is 376 g/mol. The van der Waals surface area contributed by atoms with Crippen LogP contribution in [-0.4, -0.2) is 64.5 Å². The number of aromatic nitrogens is 2. The zero-order valence-corrected chi connectivity index (χ0v) is 16.4. The maximum Gasteiger partial charge on any atom is 0.323 e. The van der Waals surface area contributed by atoms with Crippen molar-refractivity contribution in [2.45, 2.75) is 12.8 Å². The van der Waals surface area contributed by atoms with Crippen LogP contribution in [0, 0.1) is 16.0 Å². The first-order chi connectivity index (χ1) is 13.9. The molecule has 3 rings (SSSR count). The highest BCUT2D eigenvalue weighted by Crippen LogP contribution is 2.24. The van der Waals surface area contributed by atoms with Gasteiger partial charge in [0.15, 0.2) is 0 Å². The maximum atomic E-state index is 12.5. The summed E-state index contributed by atoms with van der Waals surface area (Å²) in [5.41, 5.74) is -0.0256. The number of benzene rings is 1. The van der Waals surface area contributed by atoms with Crippen LogP contribution in [0.3, 0.4) is 0 Å². The summed E-state index contributed by atoms with van der Waals surface area (Å²) in [4.78, 5) is 34.8. The van der Waals surface area contributed by atoms with Crippen LogP contribution in [-0.2, 0) is 0 Å². The van der Waals surface area contributed by atoms with Crippen molar-refractivity contribution in [3.05, 3.63) is 46.8 Å². The van der Waals surface area contributed by atoms with Crippen LogP contribution in [0.1, 0.15) is 12.8 Å². The lowest BCUT2D eigenvalue weighted by Gasteiger charge is -2.33. The molecule has 1 saturated heterocycles. The van der Waals surface area contributed by atoms with E-state index in [0.29, 0.717) is 30.6 Å². The average Bonchev–Trinajstić information content (AvgIpc) is 2.69. The van der Waals surface area contributed by atoms with E-state index in [0.717, 1.165) is 19.4 Å². The number of nitrogens with one attached hydrogen (secondary N) is 1. The Hall–Kier alpha value is -3.27. The molecule has 1 fully saturated rings. The van der Waals surface area contributed by atoms with Crippen LogP contribution in [0.2, 0.25) is 0 Å². The second-order valence-electron chi connectivity index (χ2n) is 7.22. The number of carbonyl (C=O) groups excluding carboxylic acids is 1. The molecule has 1 aliphatic rings. The summed E-state index contributed by atoms with van der Waals surface area (Å²) in [6, 6.07) is 6.97. The second-order valence-corrected chi connectivity index (χ2v) is 7.22. The Morgan fingerprint density at radius 3 is 2.59 bits per heavy atom. The zero-order chi connectivity index (χ0) is 20.8. The highest BCUT2D eigenvalue weighted by Gasteiger charge is 2.23. The van der Waals surface area contributed by atoms with Crippen molar-refractivity contribution in [3.8, 4) is 11.6 Å². The summed E-state index contributed by atoms with van der Waals surface area (Å²) < 4.78 is 5.59. The Kier molecular flexibility index (Phi) is 6.55. The number of rotatable bonds is 6. The van der Waals surface area contributed by atoms with Crippen LogP contribution in [0.15, 0.2) is 36.7 Å². The van der Waals surface area contributed by atoms with Crippen molar-refractivity contribution in [3.63, 3.8) is 0 Å². The smallest absolute Gasteiger partial charge is 0.323 e. The third-order valence-electron chi connectivity index (χ3n) is 4.67. The molecule has 0 radical (unpaired) electrons. The molecule has 154 valence electrons. The molecule has 0 unspecified atom stereocenters. The summed E-state index contributed by atoms with van der Waals surface area (Å²) in [5, 5.41) is 13.5. The molecule has 29 heavy (non-hydrogen) atoms. The molecule has 0 spiro atoms. The summed E-state index contributed by atoms with van der Waals surface area (Å²) in [5.74, 6) is 1.57. The number of nitro groups is 1. The molecule has 1 aromatic carbocycles. The number of nitrogens with zero attached hydrogens (tertiary/aromatic N) is 5. The number of likely N-dealkylation sites (tertiary alicyclic amines) is 1. The molecule has 0 bridgehead atoms. The van der Waals surface area contributed by atoms with E-state index in [1.54, 1.807) is 4.90 Å². The van der Waals surface area contributed by atoms with Gasteiger partial charge in [-0.2, -0.15) is 0 Å². The first kappa shape index (κ1) is 20.5. The van der Waals surface area contributed by atoms with E-state index in [1.165, 1.54) is 36.7 Å². The number of urea groups is 1. The number of carbonyl (C=O) groups is 1. The van der Waals surface area contributed by atoms with Crippen molar-refractivity contribution in [1.29, 1.82) is 0 Å². The fourth-order valence-electron chi connectivity index (χ4n) is 3.24. The molecular formula is C19H24N6O4. The molecule has 1 N–H and O–H groups in total. The number of amides is 2. The van der Waals surface area contributed by atoms with Gasteiger partial charge < -0.3 is 14.5 Å². The SMILES string of the molecule is CN(C)CC1CCN(C(=O)Nc2cc(Oc3ccc([N+](=O)[O-])cc3)ncn2)CC1. The minimum atomic E-state index is -0.481. The van der Waals surface area contributed by atoms with Gasteiger partial charge in [-0.1, -0.05) is 0 Å². The lowest BCUT2D eigenvalue weighted by atomic mass is 9.97. The number of anilines is 1. The largest absolute Gasteiger partial charge is 0.439 e. The van der Waals surface area contributed by atoms with Gasteiger partial charge >= 0.3 is 6.03 Å². The number of hydrogen-bond donors (Lipinski definition) is 1. The molecule has 2 aromatic rings. The van der Waals surface area contributed by atoms with Gasteiger partial charge in [0.2, 0.25) is 5.88 Å². The van der Waals surface area contributed by atoms with E-state index in [2.05, 4.69) is 34.3 Å². The van der Waals surface area contributed by atoms with Gasteiger partial charge in [-0.15, -0.1) is 0 Å². The number of nitro benzene ring substituents is 1. The Morgan fingerprint density at radius 1 is 1.28 bits per heavy atom. The zero-order valence-electron chi connectivity index (χ0n) is 16.4. The Labute approximate surface area is 168 Å². The van der Waals surface area contributed by atoms with E-state index in [4.69, 9.17) is 4.74 Å². The summed E-state index contributed by atoms with van der Waals surface area (Å²) in [6.45, 7) is 2.45. The fourth-order valence-corrected chi connectivity index (χ4v) is 3.24. The predicted octanol–water partition coefficient (Wildman–Crippen LogP) is 2.98. The highest BCUT2D eigenvalue weighted by atomic mass is 16.6. The van der Waals surface area contributed by atoms with E-state index >= 15 is 0 Å². The number of piperidine rings is 1. The predicted molar refractivity (Wildman–Crippen MR) is 107 cm³/mol. The standard InChI is InChI=1S/C19H24N6O4/c1-23(2)12-14-7-9-24(10-8-14)19(26)22-17-11-18(21-13-20-17)29-16-5-3-15(4-6-16)25(27)28/h3-6,11,13-14H,7-10,12H2,1-2H3,(H,20,21,22,26). The average molecular weight is 400 g/mol. The quantitative estimate of drug-likeness (QED) is 0.586. The van der Waals surface area contributed by atoms with Crippen LogP contribution < -0.4 is 10.1 Å². The van der Waals surface area contributed by atoms with Crippen molar-refractivity contribution in [2.24, 2.45) is 5.92 Å². The normalized spacial score (nSPS) is 14.7. The lowest BCUT2D eigenvalue weighted by molar-refractivity contribution is -0.384. The Balaban J connectivity index is 1.55. The van der Waals surface area contributed by atoms with Gasteiger partial charge in [0.25, 0.3) is 5.69 Å². The molecule has 0 atom stereocenters. The van der Waals surface area contributed by atoms with Gasteiger partial charge in [-0.25, -0.2) is 14.8 Å². The van der Waals surface area contributed by atoms with Gasteiger partial charge in [-0.05, 0) is 45.0 Å². The van der Waals surface area contributed by atoms with Gasteiger partial charge in [0.05, 0.1) is 4.92 Å². The molecule has 10 heteroatoms. The van der Waals surface area contributed by atoms with Crippen molar-refractivity contribution < 1.29 is 14.5 Å². The van der Waals surface area contributed by atoms with Gasteiger partial charge in [-0.3, -0.25) is 15.4 Å². The van der Waals surface area contributed by atoms with Crippen molar-refractivity contribution in [1.82, 2.24) is 19.8 Å². The van der Waals surface area contributed by atoms with Crippen LogP contribution >= 0.6 is 0 Å². The molecule has 0 aliphatic carbocycles. The lowest BCUT2D eigenvalue weighted by Crippen LogP contribution is -2.42. The molecule has 2 amide bonds. The van der Waals surface area contributed by atoms with Crippen LogP contribution in [0.4, 0.5) is 16.3 Å². The summed E-state index contributed by atoms with van der Waals surface area (Å²) in [7, 11) is 4.12. The second kappa shape index (κ2) is 9.28. The summed E-state index contributed by atoms with van der Waals surface area (Å²) in [6.07, 6.45) is 3.24. The first-order valence-corrected chi connectivity index (χ1v) is 9.35. The monoisotopic (exact) mass is 400 g/mol. The fraction of sp³-hybridized carbons (Fsp3) is 0.421. The third kappa shape index (κ3) is 5.85. The van der Waals surface area contributed by atoms with Crippen molar-refractivity contribution >= 4 is 17.5 Å². The van der Waals surface area contributed by atoms with Crippen LogP contribution in [0.25, 0.3) is 0 Å². The molecule has 10 nitrogen and oxygen atoms in total. The topological polar surface area (TPSA) is 114 Å². The molecule has 1 aromatic heterocycles. The third-order valence-corrected chi connectivity index (χ3v) is 4.67. The van der Waals surface area contributed by atoms with Crippen molar-refractivity contribution in [2.75, 3.05) is 39.0 Å². The number of hydrogen-bond acceptors (Lipinski definition) is 7. The number of ether oxygens (including phenoxy) is 1. The maximum absolute atomic E-state index is 12.5. The minimum absolute atomic E-state index is 0.0256. The van der Waals surface area contributed by atoms with E-state index in [-0.39, 0.29) is 17.6 Å². The van der Waals surface area contributed by atoms with Gasteiger partial charge in [0, 0.05) is 37.8 Å². The van der Waals surface area contributed by atoms with E-state index < -0.39 is 4.92 Å². The number of non-ortho nitro benzene ring substituents is 1. The van der Waals surface area contributed by atoms with Gasteiger partial charge in [0.1, 0.15) is 17.9 Å². The van der Waals surface area contributed by atoms with E-state index in [9.17, 15) is 14.9 Å². The molecule has 1 aliphatic heterocycles. The highest BCUT2D eigenvalue weighted by molar-refractivity contribution is 5.88.